The lowest BCUT2D eigenvalue weighted by Gasteiger charge is -2.43. The molecule has 1 aliphatic heterocycles. The Morgan fingerprint density at radius 1 is 1.03 bits per heavy atom. The number of hydrogen-bond donors (Lipinski definition) is 0. The lowest BCUT2D eigenvalue weighted by atomic mass is 9.68. The fraction of sp³-hybridized carbons (Fsp3) is 0.435. The molecule has 0 unspecified atom stereocenters. The van der Waals surface area contributed by atoms with Crippen LogP contribution in [0, 0.1) is 5.82 Å². The molecule has 0 atom stereocenters. The summed E-state index contributed by atoms with van der Waals surface area (Å²) in [6.45, 7) is 2.84. The van der Waals surface area contributed by atoms with Gasteiger partial charge in [-0.25, -0.2) is 14.4 Å². The van der Waals surface area contributed by atoms with E-state index in [9.17, 15) is 9.18 Å². The molecule has 156 valence electrons. The number of aromatic nitrogens is 2. The largest absolute Gasteiger partial charge is 0.344 e. The van der Waals surface area contributed by atoms with Crippen LogP contribution in [0.4, 0.5) is 9.52 Å². The molecule has 2 aliphatic rings. The van der Waals surface area contributed by atoms with Crippen LogP contribution < -0.4 is 4.90 Å². The molecule has 1 aliphatic carbocycles. The standard InChI is InChI=1S/C23H25FN4OS/c24-18-7-4-6-17(16-18)23(9-2-1-3-10-23)21(29)27-12-14-28(15-13-27)22-26-19-8-5-11-25-20(19)30-22/h4-8,11,16H,1-3,9-10,12-15H2. The van der Waals surface area contributed by atoms with Gasteiger partial charge in [-0.1, -0.05) is 42.7 Å². The van der Waals surface area contributed by atoms with Crippen LogP contribution in [-0.2, 0) is 10.2 Å². The van der Waals surface area contributed by atoms with Crippen LogP contribution in [0.2, 0.25) is 0 Å². The van der Waals surface area contributed by atoms with Gasteiger partial charge in [-0.2, -0.15) is 0 Å². The third kappa shape index (κ3) is 3.45. The molecule has 1 saturated heterocycles. The van der Waals surface area contributed by atoms with Crippen molar-refractivity contribution < 1.29 is 9.18 Å². The van der Waals surface area contributed by atoms with Gasteiger partial charge in [0.1, 0.15) is 16.2 Å². The zero-order valence-corrected chi connectivity index (χ0v) is 17.7. The molecule has 0 N–H and O–H groups in total. The smallest absolute Gasteiger partial charge is 0.233 e. The molecule has 1 aromatic carbocycles. The molecule has 0 spiro atoms. The Kier molecular flexibility index (Phi) is 5.15. The highest BCUT2D eigenvalue weighted by Gasteiger charge is 2.44. The van der Waals surface area contributed by atoms with E-state index in [-0.39, 0.29) is 11.7 Å². The Morgan fingerprint density at radius 2 is 1.83 bits per heavy atom. The first kappa shape index (κ1) is 19.4. The van der Waals surface area contributed by atoms with Crippen LogP contribution in [0.3, 0.4) is 0 Å². The van der Waals surface area contributed by atoms with E-state index in [1.54, 1.807) is 29.7 Å². The van der Waals surface area contributed by atoms with Gasteiger partial charge in [-0.3, -0.25) is 4.79 Å². The van der Waals surface area contributed by atoms with E-state index >= 15 is 0 Å². The van der Waals surface area contributed by atoms with Crippen LogP contribution >= 0.6 is 11.3 Å². The fourth-order valence-corrected chi connectivity index (χ4v) is 5.83. The minimum Gasteiger partial charge on any atom is -0.344 e. The van der Waals surface area contributed by atoms with E-state index in [0.717, 1.165) is 66.2 Å². The molecule has 7 heteroatoms. The van der Waals surface area contributed by atoms with Gasteiger partial charge >= 0.3 is 0 Å². The number of carbonyl (C=O) groups excluding carboxylic acids is 1. The van der Waals surface area contributed by atoms with Gasteiger partial charge in [-0.05, 0) is 42.7 Å². The van der Waals surface area contributed by atoms with Gasteiger partial charge in [0, 0.05) is 32.4 Å². The first-order chi connectivity index (χ1) is 14.7. The van der Waals surface area contributed by atoms with Gasteiger partial charge in [0.05, 0.1) is 5.41 Å². The van der Waals surface area contributed by atoms with Crippen LogP contribution in [0.25, 0.3) is 10.3 Å². The molecule has 3 aromatic rings. The third-order valence-electron chi connectivity index (χ3n) is 6.49. The quantitative estimate of drug-likeness (QED) is 0.626. The van der Waals surface area contributed by atoms with Crippen molar-refractivity contribution in [2.24, 2.45) is 0 Å². The summed E-state index contributed by atoms with van der Waals surface area (Å²) in [5, 5.41) is 0.966. The zero-order chi connectivity index (χ0) is 20.6. The number of carbonyl (C=O) groups is 1. The second-order valence-corrected chi connectivity index (χ2v) is 9.21. The number of nitrogens with zero attached hydrogens (tertiary/aromatic N) is 4. The minimum atomic E-state index is -0.581. The zero-order valence-electron chi connectivity index (χ0n) is 16.9. The molecule has 1 saturated carbocycles. The molecule has 2 fully saturated rings. The molecular weight excluding hydrogens is 399 g/mol. The Bertz CT molecular complexity index is 1020. The number of hydrogen-bond acceptors (Lipinski definition) is 5. The minimum absolute atomic E-state index is 0.165. The van der Waals surface area contributed by atoms with Crippen LogP contribution in [-0.4, -0.2) is 47.0 Å². The summed E-state index contributed by atoms with van der Waals surface area (Å²) < 4.78 is 14.0. The van der Waals surface area contributed by atoms with Crippen molar-refractivity contribution in [2.45, 2.75) is 37.5 Å². The monoisotopic (exact) mass is 424 g/mol. The molecule has 3 heterocycles. The number of thiazole rings is 1. The Morgan fingerprint density at radius 3 is 2.57 bits per heavy atom. The molecule has 0 radical (unpaired) electrons. The highest BCUT2D eigenvalue weighted by Crippen LogP contribution is 2.41. The van der Waals surface area contributed by atoms with Crippen molar-refractivity contribution in [1.82, 2.24) is 14.9 Å². The Labute approximate surface area is 179 Å². The normalized spacial score (nSPS) is 19.2. The van der Waals surface area contributed by atoms with Crippen molar-refractivity contribution >= 4 is 32.7 Å². The fourth-order valence-electron chi connectivity index (χ4n) is 4.86. The maximum Gasteiger partial charge on any atom is 0.233 e. The summed E-state index contributed by atoms with van der Waals surface area (Å²) in [5.74, 6) is -0.0991. The predicted molar refractivity (Wildman–Crippen MR) is 117 cm³/mol. The molecule has 5 rings (SSSR count). The van der Waals surface area contributed by atoms with E-state index in [2.05, 4.69) is 9.88 Å². The van der Waals surface area contributed by atoms with Gasteiger partial charge < -0.3 is 9.80 Å². The molecule has 5 nitrogen and oxygen atoms in total. The highest BCUT2D eigenvalue weighted by molar-refractivity contribution is 7.21. The summed E-state index contributed by atoms with van der Waals surface area (Å²) in [7, 11) is 0. The molecular formula is C23H25FN4OS. The van der Waals surface area contributed by atoms with Gasteiger partial charge in [-0.15, -0.1) is 0 Å². The van der Waals surface area contributed by atoms with Crippen molar-refractivity contribution in [2.75, 3.05) is 31.1 Å². The van der Waals surface area contributed by atoms with Crippen molar-refractivity contribution in [3.8, 4) is 0 Å². The number of fused-ring (bicyclic) bond motifs is 1. The van der Waals surface area contributed by atoms with E-state index in [1.165, 1.54) is 6.07 Å². The van der Waals surface area contributed by atoms with Gasteiger partial charge in [0.25, 0.3) is 0 Å². The average molecular weight is 425 g/mol. The van der Waals surface area contributed by atoms with Gasteiger partial charge in [0.15, 0.2) is 5.13 Å². The predicted octanol–water partition coefficient (Wildman–Crippen LogP) is 4.38. The number of amides is 1. The molecule has 1 amide bonds. The van der Waals surface area contributed by atoms with E-state index < -0.39 is 5.41 Å². The Balaban J connectivity index is 1.34. The second-order valence-electron chi connectivity index (χ2n) is 8.26. The lowest BCUT2D eigenvalue weighted by Crippen LogP contribution is -2.55. The average Bonchev–Trinajstić information content (AvgIpc) is 3.23. The second kappa shape index (κ2) is 7.95. The Hall–Kier alpha value is -2.54. The summed E-state index contributed by atoms with van der Waals surface area (Å²) in [4.78, 5) is 28.0. The number of benzene rings is 1. The van der Waals surface area contributed by atoms with Crippen LogP contribution in [0.15, 0.2) is 42.6 Å². The maximum absolute atomic E-state index is 14.0. The maximum atomic E-state index is 14.0. The first-order valence-corrected chi connectivity index (χ1v) is 11.5. The molecule has 2 aromatic heterocycles. The van der Waals surface area contributed by atoms with Crippen molar-refractivity contribution in [3.63, 3.8) is 0 Å². The number of pyridine rings is 1. The van der Waals surface area contributed by atoms with Crippen molar-refractivity contribution in [3.05, 3.63) is 54.0 Å². The number of anilines is 1. The van der Waals surface area contributed by atoms with E-state index in [0.29, 0.717) is 13.1 Å². The van der Waals surface area contributed by atoms with Crippen LogP contribution in [0.5, 0.6) is 0 Å². The summed E-state index contributed by atoms with van der Waals surface area (Å²) in [6, 6.07) is 10.6. The summed E-state index contributed by atoms with van der Waals surface area (Å²) >= 11 is 1.60. The summed E-state index contributed by atoms with van der Waals surface area (Å²) in [6.07, 6.45) is 6.57. The number of rotatable bonds is 3. The number of piperazine rings is 1. The molecule has 0 bridgehead atoms. The summed E-state index contributed by atoms with van der Waals surface area (Å²) in [5.41, 5.74) is 1.18. The lowest BCUT2D eigenvalue weighted by molar-refractivity contribution is -0.139. The SMILES string of the molecule is O=C(N1CCN(c2nc3cccnc3s2)CC1)C1(c2cccc(F)c2)CCCCC1. The third-order valence-corrected chi connectivity index (χ3v) is 7.53. The highest BCUT2D eigenvalue weighted by atomic mass is 32.1. The first-order valence-electron chi connectivity index (χ1n) is 10.7. The molecule has 30 heavy (non-hydrogen) atoms. The topological polar surface area (TPSA) is 49.3 Å². The van der Waals surface area contributed by atoms with Crippen LogP contribution in [0.1, 0.15) is 37.7 Å². The van der Waals surface area contributed by atoms with Gasteiger partial charge in [0.2, 0.25) is 5.91 Å². The van der Waals surface area contributed by atoms with Crippen molar-refractivity contribution in [1.29, 1.82) is 0 Å². The van der Waals surface area contributed by atoms with E-state index in [4.69, 9.17) is 4.98 Å². The number of halogens is 1. The van der Waals surface area contributed by atoms with E-state index in [1.807, 2.05) is 23.1 Å².